The number of hydrogen-bond acceptors (Lipinski definition) is 4. The Balaban J connectivity index is 1.34. The summed E-state index contributed by atoms with van der Waals surface area (Å²) in [5, 5.41) is 9.41. The average Bonchev–Trinajstić information content (AvgIpc) is 3.23. The normalized spacial score (nSPS) is 27.5. The zero-order valence-corrected chi connectivity index (χ0v) is 15.5. The Bertz CT molecular complexity index is 927. The first-order valence-electron chi connectivity index (χ1n) is 9.51. The van der Waals surface area contributed by atoms with Crippen LogP contribution < -0.4 is 0 Å². The molecule has 1 saturated heterocycles. The largest absolute Gasteiger partial charge is 0.481 e. The monoisotopic (exact) mass is 379 g/mol. The van der Waals surface area contributed by atoms with Gasteiger partial charge in [-0.15, -0.1) is 0 Å². The van der Waals surface area contributed by atoms with E-state index in [-0.39, 0.29) is 12.5 Å². The number of ether oxygens (including phenoxy) is 2. The molecule has 28 heavy (non-hydrogen) atoms. The number of aliphatic carboxylic acids is 1. The highest BCUT2D eigenvalue weighted by molar-refractivity contribution is 5.81. The summed E-state index contributed by atoms with van der Waals surface area (Å²) in [5.41, 5.74) is 3.84. The number of rotatable bonds is 3. The molecule has 0 aromatic heterocycles. The second-order valence-electron chi connectivity index (χ2n) is 7.79. The van der Waals surface area contributed by atoms with Gasteiger partial charge in [-0.2, -0.15) is 0 Å². The minimum absolute atomic E-state index is 0.0155. The number of carbonyl (C=O) groups is 2. The number of benzene rings is 2. The van der Waals surface area contributed by atoms with E-state index in [2.05, 4.69) is 24.3 Å². The van der Waals surface area contributed by atoms with Crippen LogP contribution in [-0.2, 0) is 14.3 Å². The fourth-order valence-electron chi connectivity index (χ4n) is 4.90. The molecule has 1 heterocycles. The molecule has 2 aromatic rings. The molecule has 0 bridgehead atoms. The minimum atomic E-state index is -0.939. The number of hydrogen-bond donors (Lipinski definition) is 1. The number of morpholine rings is 1. The summed E-state index contributed by atoms with van der Waals surface area (Å²) < 4.78 is 11.3. The molecule has 6 heteroatoms. The molecule has 2 aromatic carbocycles. The van der Waals surface area contributed by atoms with Gasteiger partial charge < -0.3 is 14.6 Å². The first-order valence-corrected chi connectivity index (χ1v) is 9.51. The Morgan fingerprint density at radius 2 is 1.75 bits per heavy atom. The number of carboxylic acids is 1. The maximum absolute atomic E-state index is 12.8. The third kappa shape index (κ3) is 2.37. The number of fused-ring (bicyclic) bond motifs is 4. The van der Waals surface area contributed by atoms with E-state index in [1.807, 2.05) is 24.3 Å². The van der Waals surface area contributed by atoms with Crippen LogP contribution in [0.25, 0.3) is 11.1 Å². The molecule has 2 fully saturated rings. The topological polar surface area (TPSA) is 76.1 Å². The highest BCUT2D eigenvalue weighted by atomic mass is 16.6. The summed E-state index contributed by atoms with van der Waals surface area (Å²) >= 11 is 0. The Morgan fingerprint density at radius 1 is 1.14 bits per heavy atom. The number of amides is 1. The minimum Gasteiger partial charge on any atom is -0.481 e. The SMILES string of the molecule is CC12OCCN(C(=O)OCC3c4ccccc4-c4ccccc43)C1C2C(=O)O. The van der Waals surface area contributed by atoms with Gasteiger partial charge in [0.2, 0.25) is 0 Å². The van der Waals surface area contributed by atoms with Crippen molar-refractivity contribution in [1.29, 1.82) is 0 Å². The van der Waals surface area contributed by atoms with Crippen LogP contribution in [-0.4, -0.2) is 53.5 Å². The van der Waals surface area contributed by atoms with Crippen molar-refractivity contribution in [3.8, 4) is 11.1 Å². The van der Waals surface area contributed by atoms with E-state index < -0.39 is 29.6 Å². The van der Waals surface area contributed by atoms with Crippen molar-refractivity contribution in [2.45, 2.75) is 24.5 Å². The van der Waals surface area contributed by atoms with Crippen LogP contribution in [0.4, 0.5) is 4.79 Å². The van der Waals surface area contributed by atoms with Gasteiger partial charge in [-0.25, -0.2) is 4.79 Å². The zero-order valence-electron chi connectivity index (χ0n) is 15.5. The van der Waals surface area contributed by atoms with Gasteiger partial charge in [0.15, 0.2) is 0 Å². The maximum Gasteiger partial charge on any atom is 0.410 e. The van der Waals surface area contributed by atoms with Crippen LogP contribution >= 0.6 is 0 Å². The van der Waals surface area contributed by atoms with Crippen molar-refractivity contribution in [1.82, 2.24) is 4.90 Å². The summed E-state index contributed by atoms with van der Waals surface area (Å²) in [4.78, 5) is 25.8. The lowest BCUT2D eigenvalue weighted by Crippen LogP contribution is -2.45. The molecule has 2 aliphatic carbocycles. The Labute approximate surface area is 162 Å². The average molecular weight is 379 g/mol. The molecule has 0 spiro atoms. The van der Waals surface area contributed by atoms with Crippen LogP contribution in [0.5, 0.6) is 0 Å². The molecule has 3 aliphatic rings. The lowest BCUT2D eigenvalue weighted by atomic mass is 9.98. The highest BCUT2D eigenvalue weighted by Gasteiger charge is 2.72. The summed E-state index contributed by atoms with van der Waals surface area (Å²) in [5.74, 6) is -1.65. The van der Waals surface area contributed by atoms with Crippen molar-refractivity contribution < 1.29 is 24.2 Å². The van der Waals surface area contributed by atoms with Gasteiger partial charge >= 0.3 is 12.1 Å². The van der Waals surface area contributed by atoms with E-state index in [0.717, 1.165) is 11.1 Å². The quantitative estimate of drug-likeness (QED) is 0.887. The van der Waals surface area contributed by atoms with Crippen LogP contribution in [0.3, 0.4) is 0 Å². The van der Waals surface area contributed by atoms with E-state index in [1.165, 1.54) is 16.0 Å². The summed E-state index contributed by atoms with van der Waals surface area (Å²) in [7, 11) is 0. The van der Waals surface area contributed by atoms with Gasteiger partial charge in [-0.3, -0.25) is 9.69 Å². The van der Waals surface area contributed by atoms with Crippen molar-refractivity contribution in [2.24, 2.45) is 5.92 Å². The fourth-order valence-corrected chi connectivity index (χ4v) is 4.90. The van der Waals surface area contributed by atoms with Crippen LogP contribution in [0.2, 0.25) is 0 Å². The molecule has 3 atom stereocenters. The molecular formula is C22H21NO5. The predicted octanol–water partition coefficient (Wildman–Crippen LogP) is 3.11. The van der Waals surface area contributed by atoms with Crippen LogP contribution in [0.15, 0.2) is 48.5 Å². The fraction of sp³-hybridized carbons (Fsp3) is 0.364. The third-order valence-corrected chi connectivity index (χ3v) is 6.33. The second-order valence-corrected chi connectivity index (χ2v) is 7.79. The van der Waals surface area contributed by atoms with Gasteiger partial charge in [0.1, 0.15) is 18.1 Å². The Morgan fingerprint density at radius 3 is 2.36 bits per heavy atom. The summed E-state index contributed by atoms with van der Waals surface area (Å²) in [6.45, 7) is 2.65. The summed E-state index contributed by atoms with van der Waals surface area (Å²) in [6, 6.07) is 15.9. The smallest absolute Gasteiger partial charge is 0.410 e. The Kier molecular flexibility index (Phi) is 3.74. The summed E-state index contributed by atoms with van der Waals surface area (Å²) in [6.07, 6.45) is -0.467. The molecule has 3 unspecified atom stereocenters. The molecule has 1 N–H and O–H groups in total. The van der Waals surface area contributed by atoms with Gasteiger partial charge in [0.25, 0.3) is 0 Å². The molecule has 144 valence electrons. The van der Waals surface area contributed by atoms with Crippen molar-refractivity contribution in [2.75, 3.05) is 19.8 Å². The van der Waals surface area contributed by atoms with Crippen molar-refractivity contribution in [3.05, 3.63) is 59.7 Å². The molecule has 1 saturated carbocycles. The zero-order chi connectivity index (χ0) is 19.5. The number of carboxylic acid groups (broad SMARTS) is 1. The first-order chi connectivity index (χ1) is 13.5. The molecule has 1 amide bonds. The number of nitrogens with zero attached hydrogens (tertiary/aromatic N) is 1. The highest BCUT2D eigenvalue weighted by Crippen LogP contribution is 2.52. The molecule has 6 nitrogen and oxygen atoms in total. The molecular weight excluding hydrogens is 358 g/mol. The first kappa shape index (κ1) is 17.3. The second kappa shape index (κ2) is 6.07. The van der Waals surface area contributed by atoms with E-state index >= 15 is 0 Å². The van der Waals surface area contributed by atoms with Crippen LogP contribution in [0, 0.1) is 5.92 Å². The molecule has 1 aliphatic heterocycles. The van der Waals surface area contributed by atoms with E-state index in [1.54, 1.807) is 6.92 Å². The lowest BCUT2D eigenvalue weighted by molar-refractivity contribution is -0.140. The van der Waals surface area contributed by atoms with E-state index in [4.69, 9.17) is 9.47 Å². The van der Waals surface area contributed by atoms with Crippen LogP contribution in [0.1, 0.15) is 24.0 Å². The molecule has 5 rings (SSSR count). The third-order valence-electron chi connectivity index (χ3n) is 6.33. The molecule has 0 radical (unpaired) electrons. The van der Waals surface area contributed by atoms with Gasteiger partial charge in [-0.1, -0.05) is 48.5 Å². The predicted molar refractivity (Wildman–Crippen MR) is 101 cm³/mol. The van der Waals surface area contributed by atoms with E-state index in [0.29, 0.717) is 13.2 Å². The van der Waals surface area contributed by atoms with Crippen molar-refractivity contribution >= 4 is 12.1 Å². The Hall–Kier alpha value is -2.86. The lowest BCUT2D eigenvalue weighted by Gasteiger charge is -2.29. The van der Waals surface area contributed by atoms with Crippen molar-refractivity contribution in [3.63, 3.8) is 0 Å². The number of carbonyl (C=O) groups excluding carboxylic acids is 1. The standard InChI is InChI=1S/C22H21NO5/c1-22-18(20(24)25)19(22)23(10-11-28-22)21(26)27-12-17-15-8-4-2-6-13(15)14-7-3-5-9-16(14)17/h2-9,17-19H,10-12H2,1H3,(H,24,25). The van der Waals surface area contributed by atoms with Gasteiger partial charge in [-0.05, 0) is 29.2 Å². The van der Waals surface area contributed by atoms with Gasteiger partial charge in [0, 0.05) is 12.5 Å². The van der Waals surface area contributed by atoms with E-state index in [9.17, 15) is 14.7 Å². The maximum atomic E-state index is 12.8. The van der Waals surface area contributed by atoms with Gasteiger partial charge in [0.05, 0.1) is 12.6 Å².